The third-order valence-electron chi connectivity index (χ3n) is 3.34. The number of hydrogen-bond acceptors (Lipinski definition) is 3. The normalized spacial score (nSPS) is 22.1. The number of allylic oxidation sites excluding steroid dienone is 1. The Hall–Kier alpha value is -2.41. The average molecular weight is 254 g/mol. The van der Waals surface area contributed by atoms with E-state index in [1.54, 1.807) is 30.3 Å². The summed E-state index contributed by atoms with van der Waals surface area (Å²) in [6.45, 7) is 3.71. The van der Waals surface area contributed by atoms with Gasteiger partial charge in [-0.15, -0.1) is 6.58 Å². The second kappa shape index (κ2) is 5.07. The van der Waals surface area contributed by atoms with Gasteiger partial charge in [0.1, 0.15) is 5.41 Å². The van der Waals surface area contributed by atoms with Gasteiger partial charge in [-0.25, -0.2) is 0 Å². The number of likely N-dealkylation sites (tertiary alicyclic amines) is 1. The molecule has 4 heteroatoms. The molecule has 1 aliphatic rings. The predicted molar refractivity (Wildman–Crippen MR) is 70.2 cm³/mol. The van der Waals surface area contributed by atoms with Crippen LogP contribution in [0.25, 0.3) is 0 Å². The number of benzene rings is 1. The molecule has 0 aromatic heterocycles. The largest absolute Gasteiger partial charge is 0.329 e. The average Bonchev–Trinajstić information content (AvgIpc) is 2.77. The lowest BCUT2D eigenvalue weighted by Gasteiger charge is -2.18. The van der Waals surface area contributed by atoms with Crippen LogP contribution in [0, 0.1) is 16.7 Å². The molecule has 0 saturated carbocycles. The highest BCUT2D eigenvalue weighted by atomic mass is 16.2. The molecule has 1 heterocycles. The van der Waals surface area contributed by atoms with Crippen LogP contribution in [0.3, 0.4) is 0 Å². The first-order chi connectivity index (χ1) is 9.13. The first kappa shape index (κ1) is 13.0. The molecule has 1 fully saturated rings. The van der Waals surface area contributed by atoms with Crippen LogP contribution in [0.4, 0.5) is 0 Å². The first-order valence-corrected chi connectivity index (χ1v) is 6.03. The molecular formula is C15H14N2O2. The highest BCUT2D eigenvalue weighted by Crippen LogP contribution is 2.31. The summed E-state index contributed by atoms with van der Waals surface area (Å²) in [6, 6.07) is 10.8. The van der Waals surface area contributed by atoms with Gasteiger partial charge < -0.3 is 4.90 Å². The highest BCUT2D eigenvalue weighted by molar-refractivity contribution is 6.01. The molecule has 1 aromatic carbocycles. The van der Waals surface area contributed by atoms with Crippen LogP contribution in [0.15, 0.2) is 43.0 Å². The van der Waals surface area contributed by atoms with Crippen molar-refractivity contribution in [3.8, 4) is 6.07 Å². The van der Waals surface area contributed by atoms with E-state index in [0.29, 0.717) is 5.56 Å². The zero-order valence-electron chi connectivity index (χ0n) is 10.5. The zero-order valence-corrected chi connectivity index (χ0v) is 10.5. The highest BCUT2D eigenvalue weighted by Gasteiger charge is 2.47. The van der Waals surface area contributed by atoms with Gasteiger partial charge >= 0.3 is 0 Å². The van der Waals surface area contributed by atoms with E-state index >= 15 is 0 Å². The van der Waals surface area contributed by atoms with Crippen molar-refractivity contribution in [2.45, 2.75) is 6.42 Å². The molecular weight excluding hydrogens is 240 g/mol. The summed E-state index contributed by atoms with van der Waals surface area (Å²) in [6.07, 6.45) is 1.83. The van der Waals surface area contributed by atoms with Crippen LogP contribution in [0.2, 0.25) is 0 Å². The fourth-order valence-corrected chi connectivity index (χ4v) is 2.27. The minimum atomic E-state index is -1.12. The van der Waals surface area contributed by atoms with Crippen molar-refractivity contribution < 1.29 is 9.59 Å². The Morgan fingerprint density at radius 1 is 1.47 bits per heavy atom. The minimum Gasteiger partial charge on any atom is -0.329 e. The van der Waals surface area contributed by atoms with Crippen LogP contribution in [-0.2, 0) is 4.79 Å². The van der Waals surface area contributed by atoms with E-state index in [1.165, 1.54) is 4.90 Å². The molecule has 1 atom stereocenters. The van der Waals surface area contributed by atoms with Gasteiger partial charge in [-0.2, -0.15) is 5.26 Å². The zero-order chi connectivity index (χ0) is 13.9. The Labute approximate surface area is 111 Å². The predicted octanol–water partition coefficient (Wildman–Crippen LogP) is 1.80. The molecule has 0 N–H and O–H groups in total. The molecule has 1 aliphatic heterocycles. The molecule has 19 heavy (non-hydrogen) atoms. The van der Waals surface area contributed by atoms with Crippen LogP contribution < -0.4 is 0 Å². The third-order valence-corrected chi connectivity index (χ3v) is 3.34. The smallest absolute Gasteiger partial charge is 0.254 e. The summed E-state index contributed by atoms with van der Waals surface area (Å²) < 4.78 is 0. The number of ketones is 1. The van der Waals surface area contributed by atoms with E-state index in [0.717, 1.165) is 0 Å². The molecule has 1 saturated heterocycles. The van der Waals surface area contributed by atoms with Gasteiger partial charge in [-0.1, -0.05) is 24.3 Å². The van der Waals surface area contributed by atoms with Crippen molar-refractivity contribution in [1.29, 1.82) is 5.26 Å². The maximum absolute atomic E-state index is 12.2. The maximum Gasteiger partial charge on any atom is 0.254 e. The number of carbonyl (C=O) groups excluding carboxylic acids is 2. The van der Waals surface area contributed by atoms with Crippen molar-refractivity contribution in [3.05, 3.63) is 48.6 Å². The monoisotopic (exact) mass is 254 g/mol. The molecule has 0 spiro atoms. The van der Waals surface area contributed by atoms with Crippen molar-refractivity contribution in [1.82, 2.24) is 4.90 Å². The van der Waals surface area contributed by atoms with Gasteiger partial charge in [0.2, 0.25) is 0 Å². The second-order valence-electron chi connectivity index (χ2n) is 4.64. The van der Waals surface area contributed by atoms with Crippen LogP contribution in [-0.4, -0.2) is 29.7 Å². The van der Waals surface area contributed by atoms with Crippen LogP contribution in [0.1, 0.15) is 16.8 Å². The molecule has 96 valence electrons. The molecule has 1 amide bonds. The van der Waals surface area contributed by atoms with Gasteiger partial charge in [0.15, 0.2) is 5.78 Å². The summed E-state index contributed by atoms with van der Waals surface area (Å²) in [4.78, 5) is 25.7. The molecule has 0 unspecified atom stereocenters. The van der Waals surface area contributed by atoms with Crippen LogP contribution >= 0.6 is 0 Å². The molecule has 0 bridgehead atoms. The maximum atomic E-state index is 12.2. The lowest BCUT2D eigenvalue weighted by molar-refractivity contribution is -0.122. The lowest BCUT2D eigenvalue weighted by atomic mass is 9.84. The fraction of sp³-hybridized carbons (Fsp3) is 0.267. The Bertz CT molecular complexity index is 559. The number of carbonyl (C=O) groups is 2. The number of rotatable bonds is 3. The summed E-state index contributed by atoms with van der Waals surface area (Å²) >= 11 is 0. The third kappa shape index (κ3) is 2.27. The van der Waals surface area contributed by atoms with Gasteiger partial charge in [0, 0.05) is 12.1 Å². The first-order valence-electron chi connectivity index (χ1n) is 6.03. The fourth-order valence-electron chi connectivity index (χ4n) is 2.27. The Morgan fingerprint density at radius 3 is 2.74 bits per heavy atom. The van der Waals surface area contributed by atoms with Gasteiger partial charge in [-0.3, -0.25) is 9.59 Å². The van der Waals surface area contributed by atoms with E-state index in [1.807, 2.05) is 12.1 Å². The van der Waals surface area contributed by atoms with Crippen molar-refractivity contribution >= 4 is 11.7 Å². The SMILES string of the molecule is C=CC[C@]1(C#N)CN(C(=O)c2ccccc2)CC1=O. The number of nitrogens with zero attached hydrogens (tertiary/aromatic N) is 2. The molecule has 4 nitrogen and oxygen atoms in total. The molecule has 2 rings (SSSR count). The van der Waals surface area contributed by atoms with E-state index in [9.17, 15) is 14.9 Å². The summed E-state index contributed by atoms with van der Waals surface area (Å²) in [7, 11) is 0. The van der Waals surface area contributed by atoms with Crippen molar-refractivity contribution in [2.75, 3.05) is 13.1 Å². The summed E-state index contributed by atoms with van der Waals surface area (Å²) in [5, 5.41) is 9.23. The number of hydrogen-bond donors (Lipinski definition) is 0. The van der Waals surface area contributed by atoms with Gasteiger partial charge in [0.05, 0.1) is 12.6 Å². The second-order valence-corrected chi connectivity index (χ2v) is 4.64. The Kier molecular flexibility index (Phi) is 3.48. The van der Waals surface area contributed by atoms with E-state index in [2.05, 4.69) is 6.58 Å². The number of amides is 1. The lowest BCUT2D eigenvalue weighted by Crippen LogP contribution is -2.31. The molecule has 0 radical (unpaired) electrons. The topological polar surface area (TPSA) is 61.2 Å². The molecule has 0 aliphatic carbocycles. The number of nitriles is 1. The quantitative estimate of drug-likeness (QED) is 0.773. The van der Waals surface area contributed by atoms with Crippen LogP contribution in [0.5, 0.6) is 0 Å². The van der Waals surface area contributed by atoms with Gasteiger partial charge in [0.25, 0.3) is 5.91 Å². The standard InChI is InChI=1S/C15H14N2O2/c1-2-8-15(10-16)11-17(9-13(15)18)14(19)12-6-4-3-5-7-12/h2-7H,1,8-9,11H2/t15-/m0/s1. The summed E-state index contributed by atoms with van der Waals surface area (Å²) in [5.74, 6) is -0.422. The minimum absolute atomic E-state index is 0.00483. The Morgan fingerprint density at radius 2 is 2.16 bits per heavy atom. The molecule has 1 aromatic rings. The van der Waals surface area contributed by atoms with Crippen molar-refractivity contribution in [3.63, 3.8) is 0 Å². The van der Waals surface area contributed by atoms with E-state index in [-0.39, 0.29) is 31.2 Å². The van der Waals surface area contributed by atoms with Gasteiger partial charge in [-0.05, 0) is 18.6 Å². The number of Topliss-reactive ketones (excluding diaryl/α,β-unsaturated/α-hetero) is 1. The van der Waals surface area contributed by atoms with E-state index in [4.69, 9.17) is 0 Å². The summed E-state index contributed by atoms with van der Waals surface area (Å²) in [5.41, 5.74) is -0.589. The van der Waals surface area contributed by atoms with Crippen molar-refractivity contribution in [2.24, 2.45) is 5.41 Å². The Balaban J connectivity index is 2.22. The van der Waals surface area contributed by atoms with E-state index < -0.39 is 5.41 Å².